The highest BCUT2D eigenvalue weighted by molar-refractivity contribution is 5.88. The van der Waals surface area contributed by atoms with Gasteiger partial charge in [-0.1, -0.05) is 6.92 Å². The van der Waals surface area contributed by atoms with Crippen molar-refractivity contribution in [3.63, 3.8) is 0 Å². The molecule has 2 N–H and O–H groups in total. The van der Waals surface area contributed by atoms with Gasteiger partial charge in [0, 0.05) is 18.3 Å². The molecule has 0 radical (unpaired) electrons. The van der Waals surface area contributed by atoms with Gasteiger partial charge < -0.3 is 15.2 Å². The number of hydrogen-bond donors (Lipinski definition) is 2. The van der Waals surface area contributed by atoms with E-state index < -0.39 is 11.8 Å². The number of aromatic carboxylic acids is 1. The first-order valence-electron chi connectivity index (χ1n) is 5.95. The molecule has 1 aromatic carbocycles. The summed E-state index contributed by atoms with van der Waals surface area (Å²) in [6, 6.07) is 4.33. The predicted molar refractivity (Wildman–Crippen MR) is 65.4 cm³/mol. The van der Waals surface area contributed by atoms with Crippen molar-refractivity contribution in [1.82, 2.24) is 0 Å². The molecule has 2 atom stereocenters. The summed E-state index contributed by atoms with van der Waals surface area (Å²) in [5.74, 6) is -1.62. The maximum Gasteiger partial charge on any atom is 0.338 e. The third kappa shape index (κ3) is 2.79. The van der Waals surface area contributed by atoms with Gasteiger partial charge in [-0.15, -0.1) is 0 Å². The van der Waals surface area contributed by atoms with Crippen LogP contribution >= 0.6 is 0 Å². The van der Waals surface area contributed by atoms with Gasteiger partial charge in [0.1, 0.15) is 5.82 Å². The zero-order valence-electron chi connectivity index (χ0n) is 10.1. The molecule has 0 aliphatic carbocycles. The van der Waals surface area contributed by atoms with Gasteiger partial charge >= 0.3 is 5.97 Å². The van der Waals surface area contributed by atoms with Crippen LogP contribution in [0.3, 0.4) is 0 Å². The quantitative estimate of drug-likeness (QED) is 0.868. The summed E-state index contributed by atoms with van der Waals surface area (Å²) in [5.41, 5.74) is 0.303. The third-order valence-electron chi connectivity index (χ3n) is 3.19. The molecule has 1 aromatic rings. The zero-order valence-corrected chi connectivity index (χ0v) is 10.1. The van der Waals surface area contributed by atoms with E-state index >= 15 is 0 Å². The SMILES string of the molecule is CC1COCCC1Nc1ccc(C(=O)O)c(F)c1. The summed E-state index contributed by atoms with van der Waals surface area (Å²) < 4.78 is 18.8. The molecule has 0 saturated carbocycles. The number of hydrogen-bond acceptors (Lipinski definition) is 3. The maximum atomic E-state index is 13.5. The lowest BCUT2D eigenvalue weighted by Gasteiger charge is -2.30. The summed E-state index contributed by atoms with van der Waals surface area (Å²) in [6.45, 7) is 3.45. The standard InChI is InChI=1S/C13H16FNO3/c1-8-7-18-5-4-12(8)15-9-2-3-10(13(16)17)11(14)6-9/h2-3,6,8,12,15H,4-5,7H2,1H3,(H,16,17). The Morgan fingerprint density at radius 2 is 2.33 bits per heavy atom. The van der Waals surface area contributed by atoms with Gasteiger partial charge in [-0.25, -0.2) is 9.18 Å². The van der Waals surface area contributed by atoms with E-state index in [2.05, 4.69) is 12.2 Å². The predicted octanol–water partition coefficient (Wildman–Crippen LogP) is 2.36. The van der Waals surface area contributed by atoms with Crippen molar-refractivity contribution >= 4 is 11.7 Å². The van der Waals surface area contributed by atoms with Crippen LogP contribution in [0.4, 0.5) is 10.1 Å². The Morgan fingerprint density at radius 1 is 1.56 bits per heavy atom. The fraction of sp³-hybridized carbons (Fsp3) is 0.462. The molecule has 0 spiro atoms. The number of benzene rings is 1. The molecule has 2 rings (SSSR count). The molecule has 2 unspecified atom stereocenters. The summed E-state index contributed by atoms with van der Waals surface area (Å²) >= 11 is 0. The van der Waals surface area contributed by atoms with Crippen molar-refractivity contribution in [2.45, 2.75) is 19.4 Å². The number of nitrogens with one attached hydrogen (secondary N) is 1. The first kappa shape index (κ1) is 12.8. The zero-order chi connectivity index (χ0) is 13.1. The van der Waals surface area contributed by atoms with Crippen molar-refractivity contribution in [3.8, 4) is 0 Å². The van der Waals surface area contributed by atoms with E-state index in [1.54, 1.807) is 6.07 Å². The number of rotatable bonds is 3. The van der Waals surface area contributed by atoms with E-state index in [0.717, 1.165) is 6.42 Å². The van der Waals surface area contributed by atoms with Crippen molar-refractivity contribution < 1.29 is 19.0 Å². The van der Waals surface area contributed by atoms with Crippen molar-refractivity contribution in [2.24, 2.45) is 5.92 Å². The van der Waals surface area contributed by atoms with Gasteiger partial charge in [0.2, 0.25) is 0 Å². The molecule has 1 saturated heterocycles. The van der Waals surface area contributed by atoms with Gasteiger partial charge in [0.25, 0.3) is 0 Å². The average molecular weight is 253 g/mol. The fourth-order valence-corrected chi connectivity index (χ4v) is 2.09. The van der Waals surface area contributed by atoms with E-state index in [1.807, 2.05) is 0 Å². The minimum Gasteiger partial charge on any atom is -0.478 e. The van der Waals surface area contributed by atoms with Crippen LogP contribution < -0.4 is 5.32 Å². The second-order valence-electron chi connectivity index (χ2n) is 4.59. The minimum atomic E-state index is -1.25. The van der Waals surface area contributed by atoms with Crippen LogP contribution in [0.25, 0.3) is 0 Å². The minimum absolute atomic E-state index is 0.230. The number of carboxylic acid groups (broad SMARTS) is 1. The van der Waals surface area contributed by atoms with Crippen LogP contribution in [0.1, 0.15) is 23.7 Å². The molecule has 4 nitrogen and oxygen atoms in total. The molecule has 5 heteroatoms. The largest absolute Gasteiger partial charge is 0.478 e. The normalized spacial score (nSPS) is 23.7. The monoisotopic (exact) mass is 253 g/mol. The summed E-state index contributed by atoms with van der Waals surface area (Å²) in [7, 11) is 0. The smallest absolute Gasteiger partial charge is 0.338 e. The highest BCUT2D eigenvalue weighted by Gasteiger charge is 2.22. The van der Waals surface area contributed by atoms with Crippen molar-refractivity contribution in [1.29, 1.82) is 0 Å². The first-order chi connectivity index (χ1) is 8.58. The van der Waals surface area contributed by atoms with Crippen LogP contribution in [0, 0.1) is 11.7 Å². The van der Waals surface area contributed by atoms with Crippen LogP contribution in [-0.2, 0) is 4.74 Å². The second-order valence-corrected chi connectivity index (χ2v) is 4.59. The molecule has 1 aliphatic rings. The Kier molecular flexibility index (Phi) is 3.81. The lowest BCUT2D eigenvalue weighted by molar-refractivity contribution is 0.0537. The van der Waals surface area contributed by atoms with E-state index in [4.69, 9.17) is 9.84 Å². The van der Waals surface area contributed by atoms with Crippen LogP contribution in [0.5, 0.6) is 0 Å². The van der Waals surface area contributed by atoms with Crippen LogP contribution in [0.15, 0.2) is 18.2 Å². The summed E-state index contributed by atoms with van der Waals surface area (Å²) in [4.78, 5) is 10.7. The van der Waals surface area contributed by atoms with Crippen LogP contribution in [0.2, 0.25) is 0 Å². The lowest BCUT2D eigenvalue weighted by atomic mass is 9.97. The Morgan fingerprint density at radius 3 is 2.94 bits per heavy atom. The van der Waals surface area contributed by atoms with E-state index in [-0.39, 0.29) is 11.6 Å². The Balaban J connectivity index is 2.10. The highest BCUT2D eigenvalue weighted by Crippen LogP contribution is 2.21. The lowest BCUT2D eigenvalue weighted by Crippen LogP contribution is -2.35. The molecule has 1 aliphatic heterocycles. The van der Waals surface area contributed by atoms with Gasteiger partial charge in [0.05, 0.1) is 12.2 Å². The number of anilines is 1. The third-order valence-corrected chi connectivity index (χ3v) is 3.19. The van der Waals surface area contributed by atoms with Gasteiger partial charge in [-0.3, -0.25) is 0 Å². The van der Waals surface area contributed by atoms with E-state index in [0.29, 0.717) is 24.8 Å². The van der Waals surface area contributed by atoms with Gasteiger partial charge in [-0.05, 0) is 30.5 Å². The number of carbonyl (C=O) groups is 1. The molecular formula is C13H16FNO3. The molecule has 0 aromatic heterocycles. The Labute approximate surface area is 105 Å². The first-order valence-corrected chi connectivity index (χ1v) is 5.95. The number of carboxylic acids is 1. The van der Waals surface area contributed by atoms with Gasteiger partial charge in [0.15, 0.2) is 0 Å². The van der Waals surface area contributed by atoms with Crippen molar-refractivity contribution in [3.05, 3.63) is 29.6 Å². The summed E-state index contributed by atoms with van der Waals surface area (Å²) in [6.07, 6.45) is 0.865. The fourth-order valence-electron chi connectivity index (χ4n) is 2.09. The average Bonchev–Trinajstić information content (AvgIpc) is 2.32. The summed E-state index contributed by atoms with van der Waals surface area (Å²) in [5, 5.41) is 12.0. The second kappa shape index (κ2) is 5.35. The van der Waals surface area contributed by atoms with Crippen molar-refractivity contribution in [2.75, 3.05) is 18.5 Å². The molecule has 98 valence electrons. The van der Waals surface area contributed by atoms with Gasteiger partial charge in [-0.2, -0.15) is 0 Å². The molecule has 1 heterocycles. The Bertz CT molecular complexity index is 450. The number of ether oxygens (including phenoxy) is 1. The molecule has 1 fully saturated rings. The molecule has 0 bridgehead atoms. The van der Waals surface area contributed by atoms with Crippen LogP contribution in [-0.4, -0.2) is 30.3 Å². The molecular weight excluding hydrogens is 237 g/mol. The topological polar surface area (TPSA) is 58.6 Å². The molecule has 18 heavy (non-hydrogen) atoms. The highest BCUT2D eigenvalue weighted by atomic mass is 19.1. The Hall–Kier alpha value is -1.62. The number of halogens is 1. The molecule has 0 amide bonds. The van der Waals surface area contributed by atoms with E-state index in [1.165, 1.54) is 12.1 Å². The van der Waals surface area contributed by atoms with E-state index in [9.17, 15) is 9.18 Å². The maximum absolute atomic E-state index is 13.5.